The molecule has 3 aromatic rings. The van der Waals surface area contributed by atoms with Crippen LogP contribution in [0.3, 0.4) is 0 Å². The van der Waals surface area contributed by atoms with Gasteiger partial charge in [0, 0.05) is 13.1 Å². The fourth-order valence-corrected chi connectivity index (χ4v) is 4.75. The van der Waals surface area contributed by atoms with Gasteiger partial charge in [-0.15, -0.1) is 5.10 Å². The summed E-state index contributed by atoms with van der Waals surface area (Å²) in [6, 6.07) is 9.51. The van der Waals surface area contributed by atoms with Crippen LogP contribution in [-0.4, -0.2) is 33.1 Å². The van der Waals surface area contributed by atoms with Gasteiger partial charge >= 0.3 is 0 Å². The molecule has 1 aliphatic heterocycles. The Morgan fingerprint density at radius 3 is 2.90 bits per heavy atom. The zero-order valence-corrected chi connectivity index (χ0v) is 17.7. The Morgan fingerprint density at radius 1 is 1.34 bits per heavy atom. The van der Waals surface area contributed by atoms with Gasteiger partial charge in [-0.25, -0.2) is 4.98 Å². The molecule has 1 aromatic carbocycles. The van der Waals surface area contributed by atoms with E-state index in [2.05, 4.69) is 15.4 Å². The van der Waals surface area contributed by atoms with Crippen LogP contribution in [0.25, 0.3) is 4.96 Å². The number of fused-ring (bicyclic) bond motifs is 1. The van der Waals surface area contributed by atoms with Gasteiger partial charge in [-0.1, -0.05) is 66.6 Å². The van der Waals surface area contributed by atoms with Crippen LogP contribution in [0.15, 0.2) is 35.1 Å². The van der Waals surface area contributed by atoms with Crippen molar-refractivity contribution in [2.24, 2.45) is 0 Å². The van der Waals surface area contributed by atoms with Crippen LogP contribution < -0.4 is 15.8 Å². The molecule has 0 saturated carbocycles. The number of benzene rings is 1. The summed E-state index contributed by atoms with van der Waals surface area (Å²) in [6.45, 7) is 3.22. The van der Waals surface area contributed by atoms with Gasteiger partial charge in [0.2, 0.25) is 16.0 Å². The molecular formula is C20H22ClN5O2S. The van der Waals surface area contributed by atoms with E-state index in [4.69, 9.17) is 11.6 Å². The molecule has 152 valence electrons. The molecule has 1 amide bonds. The van der Waals surface area contributed by atoms with Crippen molar-refractivity contribution in [3.63, 3.8) is 0 Å². The monoisotopic (exact) mass is 431 g/mol. The van der Waals surface area contributed by atoms with Crippen molar-refractivity contribution in [3.8, 4) is 0 Å². The van der Waals surface area contributed by atoms with Gasteiger partial charge in [-0.3, -0.25) is 9.59 Å². The Morgan fingerprint density at radius 2 is 2.14 bits per heavy atom. The highest BCUT2D eigenvalue weighted by Gasteiger charge is 2.33. The van der Waals surface area contributed by atoms with Gasteiger partial charge in [-0.2, -0.15) is 4.52 Å². The van der Waals surface area contributed by atoms with Crippen molar-refractivity contribution < 1.29 is 4.79 Å². The van der Waals surface area contributed by atoms with E-state index in [1.54, 1.807) is 0 Å². The number of carbonyl (C=O) groups is 1. The van der Waals surface area contributed by atoms with Crippen LogP contribution in [0.2, 0.25) is 5.02 Å². The first-order valence-corrected chi connectivity index (χ1v) is 10.9. The molecule has 29 heavy (non-hydrogen) atoms. The summed E-state index contributed by atoms with van der Waals surface area (Å²) in [4.78, 5) is 32.4. The topological polar surface area (TPSA) is 79.6 Å². The largest absolute Gasteiger partial charge is 0.350 e. The van der Waals surface area contributed by atoms with Gasteiger partial charge in [0.15, 0.2) is 0 Å². The number of halogens is 1. The average Bonchev–Trinajstić information content (AvgIpc) is 3.38. The second-order valence-electron chi connectivity index (χ2n) is 7.06. The van der Waals surface area contributed by atoms with E-state index >= 15 is 0 Å². The van der Waals surface area contributed by atoms with Crippen molar-refractivity contribution in [3.05, 3.63) is 57.0 Å². The fourth-order valence-electron chi connectivity index (χ4n) is 3.55. The lowest BCUT2D eigenvalue weighted by Crippen LogP contribution is -2.43. The molecule has 0 radical (unpaired) electrons. The van der Waals surface area contributed by atoms with Crippen LogP contribution in [0.4, 0.5) is 5.13 Å². The summed E-state index contributed by atoms with van der Waals surface area (Å²) < 4.78 is 1.25. The predicted octanol–water partition coefficient (Wildman–Crippen LogP) is 3.04. The third kappa shape index (κ3) is 4.00. The van der Waals surface area contributed by atoms with Gasteiger partial charge in [-0.05, 0) is 24.8 Å². The maximum Gasteiger partial charge on any atom is 0.294 e. The standard InChI is InChI=1S/C20H22ClN5O2S/c1-2-7-14-16(21)18(28)26-19(23-14)29-20(24-26)25-11-6-10-15(25)17(27)22-12-13-8-4-3-5-9-13/h3-5,8-9,15H,2,6-7,10-12H2,1H3,(H,22,27)/t15-/m1/s1. The highest BCUT2D eigenvalue weighted by molar-refractivity contribution is 7.20. The highest BCUT2D eigenvalue weighted by atomic mass is 35.5. The lowest BCUT2D eigenvalue weighted by molar-refractivity contribution is -0.122. The maximum atomic E-state index is 12.8. The molecule has 0 bridgehead atoms. The minimum atomic E-state index is -0.355. The Balaban J connectivity index is 1.56. The molecule has 9 heteroatoms. The summed E-state index contributed by atoms with van der Waals surface area (Å²) in [5.41, 5.74) is 1.30. The Labute approximate surface area is 177 Å². The molecule has 1 N–H and O–H groups in total. The quantitative estimate of drug-likeness (QED) is 0.648. The van der Waals surface area contributed by atoms with E-state index < -0.39 is 0 Å². The number of nitrogens with one attached hydrogen (secondary N) is 1. The van der Waals surface area contributed by atoms with Crippen LogP contribution in [0.5, 0.6) is 0 Å². The van der Waals surface area contributed by atoms with E-state index in [9.17, 15) is 9.59 Å². The number of amides is 1. The number of hydrogen-bond acceptors (Lipinski definition) is 6. The van der Waals surface area contributed by atoms with Crippen molar-refractivity contribution in [2.45, 2.75) is 45.2 Å². The van der Waals surface area contributed by atoms with Crippen LogP contribution in [0.1, 0.15) is 37.4 Å². The SMILES string of the molecule is CCCc1nc2sc(N3CCC[C@@H]3C(=O)NCc3ccccc3)nn2c(=O)c1Cl. The van der Waals surface area contributed by atoms with Gasteiger partial charge in [0.25, 0.3) is 5.56 Å². The summed E-state index contributed by atoms with van der Waals surface area (Å²) in [7, 11) is 0. The van der Waals surface area contributed by atoms with Crippen LogP contribution in [-0.2, 0) is 17.8 Å². The first-order valence-electron chi connectivity index (χ1n) is 9.75. The van der Waals surface area contributed by atoms with Gasteiger partial charge < -0.3 is 10.2 Å². The fraction of sp³-hybridized carbons (Fsp3) is 0.400. The molecule has 0 unspecified atom stereocenters. The third-order valence-electron chi connectivity index (χ3n) is 5.01. The number of aromatic nitrogens is 3. The molecule has 1 aliphatic rings. The molecule has 1 fully saturated rings. The molecule has 0 aliphatic carbocycles. The molecule has 1 saturated heterocycles. The highest BCUT2D eigenvalue weighted by Crippen LogP contribution is 2.30. The number of rotatable bonds is 6. The average molecular weight is 432 g/mol. The smallest absolute Gasteiger partial charge is 0.294 e. The van der Waals surface area contributed by atoms with Crippen LogP contribution in [0, 0.1) is 0 Å². The minimum absolute atomic E-state index is 0.0318. The first kappa shape index (κ1) is 19.8. The summed E-state index contributed by atoms with van der Waals surface area (Å²) in [5.74, 6) is -0.0318. The van der Waals surface area contributed by atoms with Crippen molar-refractivity contribution in [1.29, 1.82) is 0 Å². The number of hydrogen-bond donors (Lipinski definition) is 1. The van der Waals surface area contributed by atoms with E-state index in [0.29, 0.717) is 35.3 Å². The number of carbonyl (C=O) groups excluding carboxylic acids is 1. The lowest BCUT2D eigenvalue weighted by atomic mass is 10.2. The van der Waals surface area contributed by atoms with Crippen molar-refractivity contribution in [1.82, 2.24) is 19.9 Å². The summed E-state index contributed by atoms with van der Waals surface area (Å²) in [5, 5.41) is 8.19. The second kappa shape index (κ2) is 8.51. The summed E-state index contributed by atoms with van der Waals surface area (Å²) in [6.07, 6.45) is 3.14. The zero-order valence-electron chi connectivity index (χ0n) is 16.1. The lowest BCUT2D eigenvalue weighted by Gasteiger charge is -2.22. The first-order chi connectivity index (χ1) is 14.1. The molecule has 4 rings (SSSR count). The molecule has 0 spiro atoms. The molecule has 1 atom stereocenters. The Bertz CT molecular complexity index is 1080. The van der Waals surface area contributed by atoms with E-state index in [-0.39, 0.29) is 22.5 Å². The van der Waals surface area contributed by atoms with Gasteiger partial charge in [0.1, 0.15) is 11.1 Å². The maximum absolute atomic E-state index is 12.8. The normalized spacial score (nSPS) is 16.5. The molecular weight excluding hydrogens is 410 g/mol. The summed E-state index contributed by atoms with van der Waals surface area (Å²) >= 11 is 7.51. The zero-order chi connectivity index (χ0) is 20.4. The van der Waals surface area contributed by atoms with Crippen molar-refractivity contribution in [2.75, 3.05) is 11.4 Å². The Kier molecular flexibility index (Phi) is 5.82. The molecule has 2 aromatic heterocycles. The third-order valence-corrected chi connectivity index (χ3v) is 6.34. The number of aryl methyl sites for hydroxylation is 1. The number of anilines is 1. The van der Waals surface area contributed by atoms with Crippen molar-refractivity contribution >= 4 is 38.9 Å². The second-order valence-corrected chi connectivity index (χ2v) is 8.37. The van der Waals surface area contributed by atoms with Crippen LogP contribution >= 0.6 is 22.9 Å². The predicted molar refractivity (Wildman–Crippen MR) is 115 cm³/mol. The number of nitrogens with zero attached hydrogens (tertiary/aromatic N) is 4. The minimum Gasteiger partial charge on any atom is -0.350 e. The Hall–Kier alpha value is -2.45. The molecule has 3 heterocycles. The van der Waals surface area contributed by atoms with E-state index in [0.717, 1.165) is 24.8 Å². The van der Waals surface area contributed by atoms with Gasteiger partial charge in [0.05, 0.1) is 5.69 Å². The van der Waals surface area contributed by atoms with E-state index in [1.807, 2.05) is 42.2 Å². The van der Waals surface area contributed by atoms with E-state index in [1.165, 1.54) is 15.9 Å². The molecule has 7 nitrogen and oxygen atoms in total.